The molecule has 1 heterocycles. The van der Waals surface area contributed by atoms with Crippen LogP contribution in [0.25, 0.3) is 0 Å². The standard InChI is InChI=1S/C19H19F3N4O5S/c1-10(2)15(13(27)9-14(28)25-17-24-7-8-32-17)31-18(30)26(16(23)29)12-6-4-3-5-11(12)19(20,21)22/h3-8,10,15H,9H2,1-2H3,(H2,23,29)(H,24,25,28). The van der Waals surface area contributed by atoms with E-state index < -0.39 is 59.7 Å². The average Bonchev–Trinajstić information content (AvgIpc) is 3.18. The van der Waals surface area contributed by atoms with Gasteiger partial charge in [0.1, 0.15) is 0 Å². The van der Waals surface area contributed by atoms with Crippen molar-refractivity contribution in [1.29, 1.82) is 0 Å². The monoisotopic (exact) mass is 472 g/mol. The highest BCUT2D eigenvalue weighted by Gasteiger charge is 2.39. The van der Waals surface area contributed by atoms with Crippen LogP contribution in [0.5, 0.6) is 0 Å². The summed E-state index contributed by atoms with van der Waals surface area (Å²) >= 11 is 1.12. The van der Waals surface area contributed by atoms with Gasteiger partial charge in [0, 0.05) is 11.6 Å². The third-order valence-electron chi connectivity index (χ3n) is 4.02. The number of para-hydroxylation sites is 1. The minimum atomic E-state index is -4.90. The summed E-state index contributed by atoms with van der Waals surface area (Å²) in [7, 11) is 0. The van der Waals surface area contributed by atoms with E-state index in [-0.39, 0.29) is 10.0 Å². The third kappa shape index (κ3) is 6.26. The molecule has 0 spiro atoms. The van der Waals surface area contributed by atoms with Crippen LogP contribution in [-0.4, -0.2) is 34.9 Å². The number of nitrogens with one attached hydrogen (secondary N) is 1. The minimum Gasteiger partial charge on any atom is -0.437 e. The van der Waals surface area contributed by atoms with Crippen molar-refractivity contribution >= 4 is 46.0 Å². The molecular weight excluding hydrogens is 453 g/mol. The topological polar surface area (TPSA) is 132 Å². The van der Waals surface area contributed by atoms with Gasteiger partial charge in [0.25, 0.3) is 0 Å². The fraction of sp³-hybridized carbons (Fsp3) is 0.316. The van der Waals surface area contributed by atoms with E-state index in [4.69, 9.17) is 10.5 Å². The number of Topliss-reactive ketones (excluding diaryl/α,β-unsaturated/α-hetero) is 1. The predicted octanol–water partition coefficient (Wildman–Crippen LogP) is 3.81. The summed E-state index contributed by atoms with van der Waals surface area (Å²) in [5, 5.41) is 4.25. The Labute approximate surface area is 184 Å². The first-order valence-corrected chi connectivity index (χ1v) is 9.98. The maximum Gasteiger partial charge on any atom is 0.423 e. The van der Waals surface area contributed by atoms with Gasteiger partial charge in [-0.1, -0.05) is 26.0 Å². The Hall–Kier alpha value is -3.48. The molecule has 0 saturated heterocycles. The molecule has 2 aromatic rings. The SMILES string of the molecule is CC(C)C(OC(=O)N(C(N)=O)c1ccccc1C(F)(F)F)C(=O)CC(=O)Nc1nccs1. The summed E-state index contributed by atoms with van der Waals surface area (Å²) in [5.74, 6) is -2.21. The molecule has 1 aromatic carbocycles. The van der Waals surface area contributed by atoms with Crippen molar-refractivity contribution in [3.63, 3.8) is 0 Å². The third-order valence-corrected chi connectivity index (χ3v) is 4.71. The molecule has 32 heavy (non-hydrogen) atoms. The Balaban J connectivity index is 2.22. The first-order valence-electron chi connectivity index (χ1n) is 9.10. The number of hydrogen-bond donors (Lipinski definition) is 2. The van der Waals surface area contributed by atoms with Crippen LogP contribution in [-0.2, 0) is 20.5 Å². The lowest BCUT2D eigenvalue weighted by atomic mass is 10.0. The molecule has 9 nitrogen and oxygen atoms in total. The highest BCUT2D eigenvalue weighted by atomic mass is 32.1. The first kappa shape index (κ1) is 24.8. The highest BCUT2D eigenvalue weighted by Crippen LogP contribution is 2.36. The Bertz CT molecular complexity index is 995. The van der Waals surface area contributed by atoms with Gasteiger partial charge in [-0.05, 0) is 18.1 Å². The number of benzene rings is 1. The van der Waals surface area contributed by atoms with Gasteiger partial charge in [0.15, 0.2) is 17.0 Å². The Morgan fingerprint density at radius 2 is 1.88 bits per heavy atom. The van der Waals surface area contributed by atoms with Crippen LogP contribution in [0, 0.1) is 5.92 Å². The number of thiazole rings is 1. The van der Waals surface area contributed by atoms with Gasteiger partial charge in [-0.3, -0.25) is 9.59 Å². The molecule has 1 unspecified atom stereocenters. The van der Waals surface area contributed by atoms with Crippen LogP contribution < -0.4 is 16.0 Å². The van der Waals surface area contributed by atoms with Gasteiger partial charge in [-0.25, -0.2) is 14.6 Å². The van der Waals surface area contributed by atoms with E-state index >= 15 is 0 Å². The van der Waals surface area contributed by atoms with E-state index in [9.17, 15) is 32.3 Å². The smallest absolute Gasteiger partial charge is 0.423 e. The zero-order valence-electron chi connectivity index (χ0n) is 16.9. The average molecular weight is 472 g/mol. The van der Waals surface area contributed by atoms with Crippen LogP contribution >= 0.6 is 11.3 Å². The minimum absolute atomic E-state index is 0.0128. The van der Waals surface area contributed by atoms with E-state index in [0.717, 1.165) is 23.5 Å². The normalized spacial score (nSPS) is 12.2. The number of ketones is 1. The zero-order chi connectivity index (χ0) is 24.1. The van der Waals surface area contributed by atoms with Gasteiger partial charge >= 0.3 is 18.3 Å². The largest absolute Gasteiger partial charge is 0.437 e. The molecular formula is C19H19F3N4O5S. The second-order valence-electron chi connectivity index (χ2n) is 6.77. The van der Waals surface area contributed by atoms with Crippen LogP contribution in [0.3, 0.4) is 0 Å². The van der Waals surface area contributed by atoms with Crippen molar-refractivity contribution in [2.45, 2.75) is 32.5 Å². The molecule has 0 fully saturated rings. The number of hydrogen-bond acceptors (Lipinski definition) is 7. The molecule has 3 N–H and O–H groups in total. The van der Waals surface area contributed by atoms with Crippen molar-refractivity contribution in [1.82, 2.24) is 4.98 Å². The van der Waals surface area contributed by atoms with E-state index in [1.165, 1.54) is 26.1 Å². The number of ether oxygens (including phenoxy) is 1. The quantitative estimate of drug-likeness (QED) is 0.589. The van der Waals surface area contributed by atoms with Gasteiger partial charge in [-0.15, -0.1) is 11.3 Å². The van der Waals surface area contributed by atoms with Crippen LogP contribution in [0.4, 0.5) is 33.6 Å². The lowest BCUT2D eigenvalue weighted by molar-refractivity contribution is -0.137. The maximum absolute atomic E-state index is 13.3. The summed E-state index contributed by atoms with van der Waals surface area (Å²) in [4.78, 5) is 52.8. The molecule has 0 saturated carbocycles. The Morgan fingerprint density at radius 1 is 1.22 bits per heavy atom. The van der Waals surface area contributed by atoms with Crippen LogP contribution in [0.15, 0.2) is 35.8 Å². The van der Waals surface area contributed by atoms with Crippen LogP contribution in [0.2, 0.25) is 0 Å². The van der Waals surface area contributed by atoms with Crippen molar-refractivity contribution in [2.75, 3.05) is 10.2 Å². The molecule has 0 radical (unpaired) electrons. The zero-order valence-corrected chi connectivity index (χ0v) is 17.7. The molecule has 1 atom stereocenters. The number of nitrogens with two attached hydrogens (primary N) is 1. The van der Waals surface area contributed by atoms with E-state index in [2.05, 4.69) is 10.3 Å². The second kappa shape index (κ2) is 10.2. The number of imide groups is 1. The Kier molecular flexibility index (Phi) is 7.92. The molecule has 0 aliphatic rings. The summed E-state index contributed by atoms with van der Waals surface area (Å²) in [6.07, 6.45) is -7.25. The lowest BCUT2D eigenvalue weighted by Crippen LogP contribution is -2.46. The number of anilines is 2. The summed E-state index contributed by atoms with van der Waals surface area (Å²) in [5.41, 5.74) is 2.98. The molecule has 13 heteroatoms. The molecule has 4 amide bonds. The number of urea groups is 1. The van der Waals surface area contributed by atoms with Crippen molar-refractivity contribution in [3.8, 4) is 0 Å². The van der Waals surface area contributed by atoms with E-state index in [1.807, 2.05) is 0 Å². The molecule has 1 aromatic heterocycles. The molecule has 2 rings (SSSR count). The predicted molar refractivity (Wildman–Crippen MR) is 109 cm³/mol. The van der Waals surface area contributed by atoms with Gasteiger partial charge < -0.3 is 15.8 Å². The van der Waals surface area contributed by atoms with Crippen molar-refractivity contribution < 1.29 is 37.1 Å². The summed E-state index contributed by atoms with van der Waals surface area (Å²) in [6, 6.07) is 2.22. The number of primary amides is 1. The number of amides is 4. The van der Waals surface area contributed by atoms with Gasteiger partial charge in [0.2, 0.25) is 5.91 Å². The fourth-order valence-corrected chi connectivity index (χ4v) is 3.20. The van der Waals surface area contributed by atoms with Crippen LogP contribution in [0.1, 0.15) is 25.8 Å². The number of halogens is 3. The maximum atomic E-state index is 13.3. The summed E-state index contributed by atoms with van der Waals surface area (Å²) in [6.45, 7) is 2.99. The number of carbonyl (C=O) groups is 4. The summed E-state index contributed by atoms with van der Waals surface area (Å²) < 4.78 is 45.0. The number of aromatic nitrogens is 1. The number of rotatable bonds is 7. The van der Waals surface area contributed by atoms with E-state index in [0.29, 0.717) is 6.07 Å². The lowest BCUT2D eigenvalue weighted by Gasteiger charge is -2.26. The number of alkyl halides is 3. The molecule has 172 valence electrons. The number of carbonyl (C=O) groups excluding carboxylic acids is 4. The molecule has 0 aliphatic heterocycles. The highest BCUT2D eigenvalue weighted by molar-refractivity contribution is 7.13. The van der Waals surface area contributed by atoms with Gasteiger partial charge in [0.05, 0.1) is 17.7 Å². The second-order valence-corrected chi connectivity index (χ2v) is 7.66. The van der Waals surface area contributed by atoms with Crippen molar-refractivity contribution in [3.05, 3.63) is 41.4 Å². The van der Waals surface area contributed by atoms with Gasteiger partial charge in [-0.2, -0.15) is 18.1 Å². The Morgan fingerprint density at radius 3 is 2.41 bits per heavy atom. The first-order chi connectivity index (χ1) is 14.9. The molecule has 0 aliphatic carbocycles. The van der Waals surface area contributed by atoms with Crippen molar-refractivity contribution in [2.24, 2.45) is 11.7 Å². The number of nitrogens with zero attached hydrogens (tertiary/aromatic N) is 2. The fourth-order valence-electron chi connectivity index (χ4n) is 2.66. The molecule has 0 bridgehead atoms. The van der Waals surface area contributed by atoms with E-state index in [1.54, 1.807) is 5.38 Å².